The van der Waals surface area contributed by atoms with Crippen LogP contribution in [0.2, 0.25) is 10.0 Å². The Kier molecular flexibility index (Phi) is 3.92. The van der Waals surface area contributed by atoms with E-state index in [-0.39, 0.29) is 15.8 Å². The minimum atomic E-state index is -1.21. The number of hydrogen-bond donors (Lipinski definition) is 0. The SMILES string of the molecule is CCOc1c(Cl)c(OC)c(Cl)c2c1=NS(=C=O)N=2. The predicted molar refractivity (Wildman–Crippen MR) is 69.8 cm³/mol. The van der Waals surface area contributed by atoms with Gasteiger partial charge >= 0.3 is 0 Å². The second-order valence-corrected chi connectivity index (χ2v) is 4.97. The molecule has 0 radical (unpaired) electrons. The number of carbonyl (C=O) groups excluding carboxylic acids is 1. The molecule has 1 atom stereocenters. The molecule has 0 saturated carbocycles. The van der Waals surface area contributed by atoms with Crippen molar-refractivity contribution >= 4 is 39.3 Å². The zero-order chi connectivity index (χ0) is 13.3. The Morgan fingerprint density at radius 2 is 1.89 bits per heavy atom. The first-order chi connectivity index (χ1) is 8.63. The standard InChI is InChI=1S/C10H8Cl2N2O3S/c1-3-17-10-6(12)9(16-2)5(11)7-8(10)14-18(4-15)13-7/h3H2,1-2H3. The Hall–Kier alpha value is -1.07. The maximum atomic E-state index is 10.6. The minimum absolute atomic E-state index is 0.218. The van der Waals surface area contributed by atoms with E-state index in [9.17, 15) is 4.79 Å². The molecule has 1 aliphatic rings. The van der Waals surface area contributed by atoms with Crippen molar-refractivity contribution in [2.24, 2.45) is 8.80 Å². The summed E-state index contributed by atoms with van der Waals surface area (Å²) in [5.41, 5.74) is 0. The zero-order valence-corrected chi connectivity index (χ0v) is 11.8. The largest absolute Gasteiger partial charge is 0.493 e. The van der Waals surface area contributed by atoms with Gasteiger partial charge in [0.15, 0.2) is 11.5 Å². The molecule has 0 fully saturated rings. The van der Waals surface area contributed by atoms with E-state index in [4.69, 9.17) is 32.7 Å². The van der Waals surface area contributed by atoms with Crippen LogP contribution in [-0.4, -0.2) is 18.9 Å². The van der Waals surface area contributed by atoms with E-state index < -0.39 is 10.9 Å². The molecule has 1 aromatic carbocycles. The summed E-state index contributed by atoms with van der Waals surface area (Å²) in [6.07, 6.45) is 0. The first kappa shape index (κ1) is 13.4. The van der Waals surface area contributed by atoms with Crippen molar-refractivity contribution in [3.05, 3.63) is 20.8 Å². The molecule has 0 aromatic heterocycles. The molecule has 8 heteroatoms. The molecule has 0 N–H and O–H groups in total. The number of ether oxygens (including phenoxy) is 2. The van der Waals surface area contributed by atoms with Crippen LogP contribution in [0.4, 0.5) is 0 Å². The lowest BCUT2D eigenvalue weighted by Crippen LogP contribution is -2.26. The van der Waals surface area contributed by atoms with Crippen LogP contribution in [0.15, 0.2) is 8.80 Å². The average molecular weight is 307 g/mol. The molecule has 1 aromatic rings. The molecule has 1 aliphatic heterocycles. The summed E-state index contributed by atoms with van der Waals surface area (Å²) in [6, 6.07) is 0. The van der Waals surface area contributed by atoms with Crippen molar-refractivity contribution in [1.82, 2.24) is 0 Å². The van der Waals surface area contributed by atoms with Crippen LogP contribution in [0.3, 0.4) is 0 Å². The number of fused-ring (bicyclic) bond motifs is 1. The first-order valence-corrected chi connectivity index (χ1v) is 6.81. The molecular formula is C10H8Cl2N2O3S. The third-order valence-corrected chi connectivity index (χ3v) is 3.72. The number of hydrogen-bond acceptors (Lipinski definition) is 5. The molecule has 1 heterocycles. The normalized spacial score (nSPS) is 16.3. The lowest BCUT2D eigenvalue weighted by molar-refractivity contribution is 0.332. The quantitative estimate of drug-likeness (QED) is 0.800. The third-order valence-electron chi connectivity index (χ3n) is 2.17. The Labute approximate surface area is 115 Å². The van der Waals surface area contributed by atoms with Crippen molar-refractivity contribution in [3.63, 3.8) is 0 Å². The van der Waals surface area contributed by atoms with Gasteiger partial charge in [-0.25, -0.2) is 4.79 Å². The fourth-order valence-electron chi connectivity index (χ4n) is 1.48. The maximum absolute atomic E-state index is 10.6. The van der Waals surface area contributed by atoms with Crippen LogP contribution in [0.5, 0.6) is 11.5 Å². The number of rotatable bonds is 3. The van der Waals surface area contributed by atoms with E-state index in [0.29, 0.717) is 23.1 Å². The van der Waals surface area contributed by atoms with E-state index in [1.165, 1.54) is 7.11 Å². The van der Waals surface area contributed by atoms with Crippen LogP contribution in [0.25, 0.3) is 0 Å². The molecule has 96 valence electrons. The van der Waals surface area contributed by atoms with E-state index in [2.05, 4.69) is 8.80 Å². The van der Waals surface area contributed by atoms with Gasteiger partial charge in [-0.15, -0.1) is 0 Å². The number of benzene rings is 1. The van der Waals surface area contributed by atoms with Crippen LogP contribution < -0.4 is 20.2 Å². The second-order valence-electron chi connectivity index (χ2n) is 3.15. The molecule has 0 amide bonds. The second kappa shape index (κ2) is 5.28. The monoisotopic (exact) mass is 306 g/mol. The average Bonchev–Trinajstić information content (AvgIpc) is 2.79. The molecule has 0 bridgehead atoms. The highest BCUT2D eigenvalue weighted by molar-refractivity contribution is 8.12. The fourth-order valence-corrected chi connectivity index (χ4v) is 3.00. The summed E-state index contributed by atoms with van der Waals surface area (Å²) in [6.45, 7) is 2.20. The highest BCUT2D eigenvalue weighted by atomic mass is 35.5. The van der Waals surface area contributed by atoms with Crippen molar-refractivity contribution in [1.29, 1.82) is 0 Å². The van der Waals surface area contributed by atoms with Gasteiger partial charge in [-0.3, -0.25) is 0 Å². The number of nitrogens with zero attached hydrogens (tertiary/aromatic N) is 2. The van der Waals surface area contributed by atoms with Gasteiger partial charge in [-0.2, -0.15) is 8.80 Å². The predicted octanol–water partition coefficient (Wildman–Crippen LogP) is 1.82. The van der Waals surface area contributed by atoms with Gasteiger partial charge in [0.1, 0.15) is 31.6 Å². The lowest BCUT2D eigenvalue weighted by atomic mass is 10.3. The van der Waals surface area contributed by atoms with Crippen molar-refractivity contribution in [3.8, 4) is 11.5 Å². The van der Waals surface area contributed by atoms with Gasteiger partial charge in [0.25, 0.3) is 0 Å². The first-order valence-electron chi connectivity index (χ1n) is 4.91. The zero-order valence-electron chi connectivity index (χ0n) is 9.49. The Balaban J connectivity index is 2.92. The summed E-state index contributed by atoms with van der Waals surface area (Å²) >= 11 is 12.2. The van der Waals surface area contributed by atoms with Gasteiger partial charge in [0, 0.05) is 0 Å². The van der Waals surface area contributed by atoms with Crippen LogP contribution >= 0.6 is 34.1 Å². The molecule has 0 aliphatic carbocycles. The summed E-state index contributed by atoms with van der Waals surface area (Å²) in [5.74, 6) is 0.584. The summed E-state index contributed by atoms with van der Waals surface area (Å²) in [7, 11) is 0.230. The van der Waals surface area contributed by atoms with E-state index in [1.54, 1.807) is 5.23 Å². The minimum Gasteiger partial charge on any atom is -0.493 e. The highest BCUT2D eigenvalue weighted by Crippen LogP contribution is 2.36. The molecule has 5 nitrogen and oxygen atoms in total. The number of methoxy groups -OCH3 is 1. The van der Waals surface area contributed by atoms with E-state index in [1.807, 2.05) is 6.92 Å². The van der Waals surface area contributed by atoms with Crippen molar-refractivity contribution in [2.75, 3.05) is 13.7 Å². The van der Waals surface area contributed by atoms with Crippen molar-refractivity contribution in [2.45, 2.75) is 6.92 Å². The van der Waals surface area contributed by atoms with Crippen LogP contribution in [0, 0.1) is 0 Å². The maximum Gasteiger partial charge on any atom is 0.201 e. The Morgan fingerprint density at radius 1 is 1.22 bits per heavy atom. The van der Waals surface area contributed by atoms with Crippen LogP contribution in [0.1, 0.15) is 6.92 Å². The molecule has 18 heavy (non-hydrogen) atoms. The molecule has 0 saturated heterocycles. The van der Waals surface area contributed by atoms with Crippen LogP contribution in [-0.2, 0) is 4.79 Å². The van der Waals surface area contributed by atoms with Crippen molar-refractivity contribution < 1.29 is 14.3 Å². The summed E-state index contributed by atoms with van der Waals surface area (Å²) in [4.78, 5) is 10.6. The van der Waals surface area contributed by atoms with E-state index in [0.717, 1.165) is 0 Å². The lowest BCUT2D eigenvalue weighted by Gasteiger charge is -2.10. The van der Waals surface area contributed by atoms with Gasteiger partial charge in [0.05, 0.1) is 13.7 Å². The smallest absolute Gasteiger partial charge is 0.201 e. The van der Waals surface area contributed by atoms with Gasteiger partial charge in [-0.05, 0) is 6.92 Å². The molecular weight excluding hydrogens is 299 g/mol. The van der Waals surface area contributed by atoms with Gasteiger partial charge < -0.3 is 9.47 Å². The van der Waals surface area contributed by atoms with E-state index >= 15 is 0 Å². The Morgan fingerprint density at radius 3 is 2.44 bits per heavy atom. The van der Waals surface area contributed by atoms with Gasteiger partial charge in [-0.1, -0.05) is 23.2 Å². The molecule has 0 spiro atoms. The fraction of sp³-hybridized carbons (Fsp3) is 0.300. The van der Waals surface area contributed by atoms with Gasteiger partial charge in [0.2, 0.25) is 5.23 Å². The molecule has 2 rings (SSSR count). The summed E-state index contributed by atoms with van der Waals surface area (Å²) < 4.78 is 18.7. The third kappa shape index (κ3) is 2.01. The summed E-state index contributed by atoms with van der Waals surface area (Å²) in [5, 5.41) is 2.88. The molecule has 1 unspecified atom stereocenters. The number of halogens is 2. The Bertz CT molecular complexity index is 684. The highest BCUT2D eigenvalue weighted by Gasteiger charge is 2.22. The topological polar surface area (TPSA) is 60.2 Å².